The van der Waals surface area contributed by atoms with Crippen LogP contribution in [0.25, 0.3) is 0 Å². The Balaban J connectivity index is 2.10. The van der Waals surface area contributed by atoms with Crippen LogP contribution in [-0.4, -0.2) is 37.8 Å². The van der Waals surface area contributed by atoms with E-state index in [9.17, 15) is 18.5 Å². The first-order chi connectivity index (χ1) is 11.3. The highest BCUT2D eigenvalue weighted by Crippen LogP contribution is 2.25. The highest BCUT2D eigenvalue weighted by Gasteiger charge is 2.28. The van der Waals surface area contributed by atoms with Gasteiger partial charge in [0.1, 0.15) is 12.4 Å². The van der Waals surface area contributed by atoms with Gasteiger partial charge in [0.05, 0.1) is 4.92 Å². The molecule has 0 saturated carbocycles. The monoisotopic (exact) mass is 350 g/mol. The van der Waals surface area contributed by atoms with E-state index in [2.05, 4.69) is 0 Å². The molecule has 128 valence electrons. The van der Waals surface area contributed by atoms with Gasteiger partial charge in [0.25, 0.3) is 5.69 Å². The zero-order chi connectivity index (χ0) is 17.7. The number of ether oxygens (including phenoxy) is 1. The van der Waals surface area contributed by atoms with Crippen molar-refractivity contribution in [1.29, 1.82) is 0 Å². The van der Waals surface area contributed by atoms with E-state index in [-0.39, 0.29) is 18.0 Å². The van der Waals surface area contributed by atoms with Gasteiger partial charge in [-0.1, -0.05) is 30.3 Å². The molecule has 0 spiro atoms. The summed E-state index contributed by atoms with van der Waals surface area (Å²) in [6.07, 6.45) is 0. The Morgan fingerprint density at radius 2 is 1.75 bits per heavy atom. The van der Waals surface area contributed by atoms with Crippen molar-refractivity contribution in [2.24, 2.45) is 0 Å². The Morgan fingerprint density at radius 3 is 2.42 bits per heavy atom. The van der Waals surface area contributed by atoms with Gasteiger partial charge in [-0.25, -0.2) is 8.42 Å². The van der Waals surface area contributed by atoms with Crippen molar-refractivity contribution in [2.45, 2.75) is 11.8 Å². The largest absolute Gasteiger partial charge is 0.492 e. The summed E-state index contributed by atoms with van der Waals surface area (Å²) in [5.74, 6) is 0.675. The number of benzene rings is 2. The number of hydrogen-bond acceptors (Lipinski definition) is 5. The standard InChI is InChI=1S/C16H18N2O5S/c1-13-7-3-5-9-15(13)23-12-11-17(2)24(21,22)16-10-6-4-8-14(16)18(19)20/h3-10H,11-12H2,1-2H3. The lowest BCUT2D eigenvalue weighted by Gasteiger charge is -2.18. The van der Waals surface area contributed by atoms with Gasteiger partial charge in [0, 0.05) is 19.7 Å². The summed E-state index contributed by atoms with van der Waals surface area (Å²) >= 11 is 0. The van der Waals surface area contributed by atoms with Crippen LogP contribution in [0.15, 0.2) is 53.4 Å². The molecule has 2 aromatic carbocycles. The van der Waals surface area contributed by atoms with E-state index in [0.29, 0.717) is 5.75 Å². The number of sulfonamides is 1. The number of rotatable bonds is 7. The first-order valence-electron chi connectivity index (χ1n) is 7.22. The maximum absolute atomic E-state index is 12.5. The molecule has 0 aliphatic rings. The molecule has 7 nitrogen and oxygen atoms in total. The predicted octanol–water partition coefficient (Wildman–Crippen LogP) is 2.60. The van der Waals surface area contributed by atoms with Crippen LogP contribution in [0.3, 0.4) is 0 Å². The number of para-hydroxylation sites is 2. The minimum Gasteiger partial charge on any atom is -0.492 e. The van der Waals surface area contributed by atoms with E-state index >= 15 is 0 Å². The molecule has 24 heavy (non-hydrogen) atoms. The van der Waals surface area contributed by atoms with E-state index in [1.54, 1.807) is 6.07 Å². The zero-order valence-electron chi connectivity index (χ0n) is 13.4. The van der Waals surface area contributed by atoms with Crippen molar-refractivity contribution in [3.63, 3.8) is 0 Å². The normalized spacial score (nSPS) is 11.5. The maximum Gasteiger partial charge on any atom is 0.289 e. The minimum atomic E-state index is -3.97. The summed E-state index contributed by atoms with van der Waals surface area (Å²) < 4.78 is 31.7. The van der Waals surface area contributed by atoms with Crippen LogP contribution in [0.5, 0.6) is 5.75 Å². The fourth-order valence-electron chi connectivity index (χ4n) is 2.12. The Hall–Kier alpha value is -2.45. The highest BCUT2D eigenvalue weighted by molar-refractivity contribution is 7.89. The molecule has 0 fully saturated rings. The van der Waals surface area contributed by atoms with Crippen LogP contribution in [0, 0.1) is 17.0 Å². The number of nitro benzene ring substituents is 1. The molecule has 0 saturated heterocycles. The van der Waals surface area contributed by atoms with Gasteiger partial charge in [0.2, 0.25) is 10.0 Å². The molecule has 2 rings (SSSR count). The molecule has 0 aliphatic heterocycles. The lowest BCUT2D eigenvalue weighted by atomic mass is 10.2. The number of hydrogen-bond donors (Lipinski definition) is 0. The predicted molar refractivity (Wildman–Crippen MR) is 89.6 cm³/mol. The molecule has 0 aliphatic carbocycles. The zero-order valence-corrected chi connectivity index (χ0v) is 14.2. The summed E-state index contributed by atoms with van der Waals surface area (Å²) in [5, 5.41) is 11.0. The van der Waals surface area contributed by atoms with E-state index in [4.69, 9.17) is 4.74 Å². The lowest BCUT2D eigenvalue weighted by Crippen LogP contribution is -2.31. The van der Waals surface area contributed by atoms with Crippen LogP contribution in [0.1, 0.15) is 5.56 Å². The molecule has 0 unspecified atom stereocenters. The summed E-state index contributed by atoms with van der Waals surface area (Å²) in [6.45, 7) is 2.10. The second kappa shape index (κ2) is 7.41. The van der Waals surface area contributed by atoms with Crippen molar-refractivity contribution in [1.82, 2.24) is 4.31 Å². The van der Waals surface area contributed by atoms with Crippen molar-refractivity contribution >= 4 is 15.7 Å². The highest BCUT2D eigenvalue weighted by atomic mass is 32.2. The van der Waals surface area contributed by atoms with Gasteiger partial charge in [0.15, 0.2) is 4.90 Å². The molecular formula is C16H18N2O5S. The lowest BCUT2D eigenvalue weighted by molar-refractivity contribution is -0.387. The van der Waals surface area contributed by atoms with Gasteiger partial charge in [-0.2, -0.15) is 4.31 Å². The Labute approximate surface area is 140 Å². The molecule has 0 N–H and O–H groups in total. The fourth-order valence-corrected chi connectivity index (χ4v) is 3.42. The maximum atomic E-state index is 12.5. The molecule has 0 bridgehead atoms. The van der Waals surface area contributed by atoms with E-state index in [1.165, 1.54) is 31.3 Å². The first kappa shape index (κ1) is 17.9. The number of likely N-dealkylation sites (N-methyl/N-ethyl adjacent to an activating group) is 1. The van der Waals surface area contributed by atoms with Crippen molar-refractivity contribution in [3.05, 3.63) is 64.2 Å². The molecule has 0 amide bonds. The van der Waals surface area contributed by atoms with Gasteiger partial charge in [-0.05, 0) is 24.6 Å². The number of nitrogens with zero attached hydrogens (tertiary/aromatic N) is 2. The Morgan fingerprint density at radius 1 is 1.12 bits per heavy atom. The van der Waals surface area contributed by atoms with Gasteiger partial charge in [-0.15, -0.1) is 0 Å². The average molecular weight is 350 g/mol. The minimum absolute atomic E-state index is 0.0721. The molecule has 0 radical (unpaired) electrons. The third kappa shape index (κ3) is 3.90. The Kier molecular flexibility index (Phi) is 5.53. The number of nitro groups is 1. The van der Waals surface area contributed by atoms with Crippen LogP contribution < -0.4 is 4.74 Å². The van der Waals surface area contributed by atoms with Crippen molar-refractivity contribution < 1.29 is 18.1 Å². The molecular weight excluding hydrogens is 332 g/mol. The van der Waals surface area contributed by atoms with E-state index in [1.807, 2.05) is 25.1 Å². The van der Waals surface area contributed by atoms with Gasteiger partial charge >= 0.3 is 0 Å². The second-order valence-electron chi connectivity index (χ2n) is 5.17. The average Bonchev–Trinajstić information content (AvgIpc) is 2.56. The topological polar surface area (TPSA) is 89.8 Å². The van der Waals surface area contributed by atoms with Crippen molar-refractivity contribution in [2.75, 3.05) is 20.2 Å². The summed E-state index contributed by atoms with van der Waals surface area (Å²) in [7, 11) is -2.60. The summed E-state index contributed by atoms with van der Waals surface area (Å²) in [6, 6.07) is 12.7. The number of aryl methyl sites for hydroxylation is 1. The Bertz CT molecular complexity index is 836. The second-order valence-corrected chi connectivity index (χ2v) is 7.18. The molecule has 0 heterocycles. The third-order valence-electron chi connectivity index (χ3n) is 3.51. The SMILES string of the molecule is Cc1ccccc1OCCN(C)S(=O)(=O)c1ccccc1[N+](=O)[O-]. The van der Waals surface area contributed by atoms with Crippen LogP contribution in [0.2, 0.25) is 0 Å². The van der Waals surface area contributed by atoms with Gasteiger partial charge < -0.3 is 4.74 Å². The van der Waals surface area contributed by atoms with Crippen LogP contribution in [0.4, 0.5) is 5.69 Å². The smallest absolute Gasteiger partial charge is 0.289 e. The molecule has 8 heteroatoms. The quantitative estimate of drug-likeness (QED) is 0.565. The van der Waals surface area contributed by atoms with E-state index < -0.39 is 20.6 Å². The molecule has 0 aromatic heterocycles. The molecule has 0 atom stereocenters. The summed E-state index contributed by atoms with van der Waals surface area (Å²) in [4.78, 5) is 10.00. The fraction of sp³-hybridized carbons (Fsp3) is 0.250. The molecule has 2 aromatic rings. The van der Waals surface area contributed by atoms with Crippen molar-refractivity contribution in [3.8, 4) is 5.75 Å². The van der Waals surface area contributed by atoms with E-state index in [0.717, 1.165) is 9.87 Å². The third-order valence-corrected chi connectivity index (χ3v) is 5.41. The van der Waals surface area contributed by atoms with Gasteiger partial charge in [-0.3, -0.25) is 10.1 Å². The van der Waals surface area contributed by atoms with Crippen LogP contribution >= 0.6 is 0 Å². The first-order valence-corrected chi connectivity index (χ1v) is 8.66. The summed E-state index contributed by atoms with van der Waals surface area (Å²) in [5.41, 5.74) is 0.505. The van der Waals surface area contributed by atoms with Crippen LogP contribution in [-0.2, 0) is 10.0 Å².